The SMILES string of the molecule is C/C=C\N=C(C)c1cccc(F)c1.CCCCc1nc2cc(F)ccc2n1CCC. The van der Waals surface area contributed by atoms with Crippen molar-refractivity contribution >= 4 is 16.7 Å². The van der Waals surface area contributed by atoms with Gasteiger partial charge in [-0.05, 0) is 56.5 Å². The average Bonchev–Trinajstić information content (AvgIpc) is 3.07. The van der Waals surface area contributed by atoms with Gasteiger partial charge in [-0.2, -0.15) is 0 Å². The predicted molar refractivity (Wildman–Crippen MR) is 122 cm³/mol. The van der Waals surface area contributed by atoms with Crippen molar-refractivity contribution in [3.63, 3.8) is 0 Å². The van der Waals surface area contributed by atoms with Gasteiger partial charge in [-0.1, -0.05) is 38.5 Å². The summed E-state index contributed by atoms with van der Waals surface area (Å²) in [5.74, 6) is 0.655. The highest BCUT2D eigenvalue weighted by molar-refractivity contribution is 5.99. The number of fused-ring (bicyclic) bond motifs is 1. The monoisotopic (exact) mass is 411 g/mol. The molecule has 3 nitrogen and oxygen atoms in total. The number of unbranched alkanes of at least 4 members (excludes halogenated alkanes) is 1. The van der Waals surface area contributed by atoms with Crippen molar-refractivity contribution in [2.45, 2.75) is 59.9 Å². The van der Waals surface area contributed by atoms with Gasteiger partial charge in [0.15, 0.2) is 0 Å². The molecule has 0 saturated heterocycles. The largest absolute Gasteiger partial charge is 0.328 e. The smallest absolute Gasteiger partial charge is 0.125 e. The van der Waals surface area contributed by atoms with Crippen molar-refractivity contribution in [3.05, 3.63) is 77.8 Å². The lowest BCUT2D eigenvalue weighted by Crippen LogP contribution is -2.03. The van der Waals surface area contributed by atoms with E-state index in [4.69, 9.17) is 0 Å². The van der Waals surface area contributed by atoms with Crippen molar-refractivity contribution in [3.8, 4) is 0 Å². The van der Waals surface area contributed by atoms with E-state index in [1.54, 1.807) is 12.3 Å². The van der Waals surface area contributed by atoms with Gasteiger partial charge >= 0.3 is 0 Å². The van der Waals surface area contributed by atoms with Gasteiger partial charge in [-0.3, -0.25) is 4.99 Å². The molecule has 0 unspecified atom stereocenters. The van der Waals surface area contributed by atoms with Gasteiger partial charge < -0.3 is 4.57 Å². The van der Waals surface area contributed by atoms with Crippen LogP contribution in [0.4, 0.5) is 8.78 Å². The number of rotatable bonds is 7. The maximum atomic E-state index is 13.2. The van der Waals surface area contributed by atoms with Crippen LogP contribution in [0.3, 0.4) is 0 Å². The number of imidazole rings is 1. The maximum absolute atomic E-state index is 13.2. The lowest BCUT2D eigenvalue weighted by molar-refractivity contribution is 0.627. The molecular formula is C25H31F2N3. The molecule has 1 aromatic heterocycles. The highest BCUT2D eigenvalue weighted by atomic mass is 19.1. The molecule has 160 valence electrons. The van der Waals surface area contributed by atoms with Crippen LogP contribution in [0, 0.1) is 11.6 Å². The minimum absolute atomic E-state index is 0.208. The Kier molecular flexibility index (Phi) is 9.39. The van der Waals surface area contributed by atoms with Gasteiger partial charge in [-0.15, -0.1) is 0 Å². The number of aromatic nitrogens is 2. The molecule has 0 amide bonds. The topological polar surface area (TPSA) is 30.2 Å². The molecule has 5 heteroatoms. The quantitative estimate of drug-likeness (QED) is 0.382. The first kappa shape index (κ1) is 23.5. The number of halogens is 2. The third-order valence-corrected chi connectivity index (χ3v) is 4.65. The van der Waals surface area contributed by atoms with Crippen LogP contribution in [0.5, 0.6) is 0 Å². The highest BCUT2D eigenvalue weighted by Gasteiger charge is 2.10. The Labute approximate surface area is 178 Å². The summed E-state index contributed by atoms with van der Waals surface area (Å²) in [5.41, 5.74) is 3.47. The summed E-state index contributed by atoms with van der Waals surface area (Å²) in [5, 5.41) is 0. The van der Waals surface area contributed by atoms with Crippen molar-refractivity contribution < 1.29 is 8.78 Å². The van der Waals surface area contributed by atoms with E-state index < -0.39 is 0 Å². The van der Waals surface area contributed by atoms with E-state index in [0.29, 0.717) is 0 Å². The molecule has 2 aromatic carbocycles. The van der Waals surface area contributed by atoms with Crippen LogP contribution >= 0.6 is 0 Å². The number of aliphatic imine (C=N–C) groups is 1. The molecule has 0 radical (unpaired) electrons. The summed E-state index contributed by atoms with van der Waals surface area (Å²) >= 11 is 0. The van der Waals surface area contributed by atoms with Crippen LogP contribution in [0.2, 0.25) is 0 Å². The Hall–Kier alpha value is -2.82. The number of hydrogen-bond acceptors (Lipinski definition) is 2. The van der Waals surface area contributed by atoms with Crippen molar-refractivity contribution in [1.82, 2.24) is 9.55 Å². The predicted octanol–water partition coefficient (Wildman–Crippen LogP) is 7.10. The standard InChI is InChI=1S/C14H19FN2.C11H12FN/c1-3-5-6-14-16-12-10-11(15)7-8-13(12)17(14)9-4-2;1-3-7-13-9(2)10-5-4-6-11(12)8-10/h7-8,10H,3-6,9H2,1-2H3;3-8H,1-2H3/b;7-3-,13-9?. The molecule has 1 heterocycles. The normalized spacial score (nSPS) is 11.7. The second-order valence-electron chi connectivity index (χ2n) is 7.12. The zero-order valence-corrected chi connectivity index (χ0v) is 18.3. The van der Waals surface area contributed by atoms with E-state index in [2.05, 4.69) is 28.4 Å². The van der Waals surface area contributed by atoms with Crippen LogP contribution in [-0.4, -0.2) is 15.3 Å². The summed E-state index contributed by atoms with van der Waals surface area (Å²) in [7, 11) is 0. The van der Waals surface area contributed by atoms with Crippen molar-refractivity contribution in [2.75, 3.05) is 0 Å². The van der Waals surface area contributed by atoms with Crippen LogP contribution in [0.25, 0.3) is 11.0 Å². The minimum Gasteiger partial charge on any atom is -0.328 e. The second kappa shape index (κ2) is 12.0. The van der Waals surface area contributed by atoms with Gasteiger partial charge in [-0.25, -0.2) is 13.8 Å². The molecule has 0 aliphatic heterocycles. The molecule has 0 atom stereocenters. The van der Waals surface area contributed by atoms with Crippen molar-refractivity contribution in [2.24, 2.45) is 4.99 Å². The zero-order valence-electron chi connectivity index (χ0n) is 18.3. The molecular weight excluding hydrogens is 380 g/mol. The van der Waals surface area contributed by atoms with Crippen LogP contribution in [-0.2, 0) is 13.0 Å². The summed E-state index contributed by atoms with van der Waals surface area (Å²) < 4.78 is 28.2. The van der Waals surface area contributed by atoms with Gasteiger partial charge in [0.05, 0.1) is 11.0 Å². The van der Waals surface area contributed by atoms with Crippen molar-refractivity contribution in [1.29, 1.82) is 0 Å². The fourth-order valence-electron chi connectivity index (χ4n) is 3.13. The average molecular weight is 412 g/mol. The Bertz CT molecular complexity index is 1000. The summed E-state index contributed by atoms with van der Waals surface area (Å²) in [6.45, 7) is 9.03. The number of aryl methyl sites for hydroxylation is 2. The Morgan fingerprint density at radius 2 is 1.83 bits per heavy atom. The van der Waals surface area contributed by atoms with Crippen LogP contribution in [0.1, 0.15) is 58.3 Å². The Morgan fingerprint density at radius 1 is 1.07 bits per heavy atom. The molecule has 0 aliphatic rings. The van der Waals surface area contributed by atoms with Gasteiger partial charge in [0.1, 0.15) is 17.5 Å². The fourth-order valence-corrected chi connectivity index (χ4v) is 3.13. The van der Waals surface area contributed by atoms with Gasteiger partial charge in [0.2, 0.25) is 0 Å². The first-order valence-electron chi connectivity index (χ1n) is 10.6. The summed E-state index contributed by atoms with van der Waals surface area (Å²) in [6, 6.07) is 11.3. The van der Waals surface area contributed by atoms with Crippen LogP contribution in [0.15, 0.2) is 59.7 Å². The highest BCUT2D eigenvalue weighted by Crippen LogP contribution is 2.19. The Balaban J connectivity index is 0.000000222. The third kappa shape index (κ3) is 6.61. The molecule has 0 saturated carbocycles. The van der Waals surface area contributed by atoms with E-state index in [0.717, 1.165) is 60.4 Å². The first-order valence-corrected chi connectivity index (χ1v) is 10.6. The molecule has 0 aliphatic carbocycles. The summed E-state index contributed by atoms with van der Waals surface area (Å²) in [6.07, 6.45) is 7.87. The minimum atomic E-state index is -0.229. The van der Waals surface area contributed by atoms with E-state index in [1.165, 1.54) is 24.3 Å². The molecule has 0 spiro atoms. The number of nitrogens with zero attached hydrogens (tertiary/aromatic N) is 3. The molecule has 0 bridgehead atoms. The summed E-state index contributed by atoms with van der Waals surface area (Å²) in [4.78, 5) is 8.68. The number of benzene rings is 2. The van der Waals surface area contributed by atoms with E-state index in [-0.39, 0.29) is 11.6 Å². The zero-order chi connectivity index (χ0) is 21.9. The van der Waals surface area contributed by atoms with Crippen LogP contribution < -0.4 is 0 Å². The molecule has 3 rings (SSSR count). The number of allylic oxidation sites excluding steroid dienone is 1. The third-order valence-electron chi connectivity index (χ3n) is 4.65. The molecule has 0 N–H and O–H groups in total. The van der Waals surface area contributed by atoms with E-state index in [1.807, 2.05) is 32.1 Å². The van der Waals surface area contributed by atoms with E-state index in [9.17, 15) is 8.78 Å². The van der Waals surface area contributed by atoms with Gasteiger partial charge in [0.25, 0.3) is 0 Å². The van der Waals surface area contributed by atoms with E-state index >= 15 is 0 Å². The first-order chi connectivity index (χ1) is 14.5. The number of hydrogen-bond donors (Lipinski definition) is 0. The second-order valence-corrected chi connectivity index (χ2v) is 7.12. The Morgan fingerprint density at radius 3 is 2.50 bits per heavy atom. The lowest BCUT2D eigenvalue weighted by atomic mass is 10.1. The fraction of sp³-hybridized carbons (Fsp3) is 0.360. The molecule has 3 aromatic rings. The van der Waals surface area contributed by atoms with Gasteiger partial charge in [0, 0.05) is 30.9 Å². The lowest BCUT2D eigenvalue weighted by Gasteiger charge is -2.06. The maximum Gasteiger partial charge on any atom is 0.125 e. The molecule has 30 heavy (non-hydrogen) atoms. The molecule has 0 fully saturated rings.